The van der Waals surface area contributed by atoms with Crippen molar-refractivity contribution in [1.82, 2.24) is 14.7 Å². The summed E-state index contributed by atoms with van der Waals surface area (Å²) in [6, 6.07) is 10.5. The van der Waals surface area contributed by atoms with Crippen molar-refractivity contribution >= 4 is 17.7 Å². The van der Waals surface area contributed by atoms with Gasteiger partial charge in [-0.15, -0.1) is 0 Å². The molecule has 0 radical (unpaired) electrons. The monoisotopic (exact) mass is 379 g/mol. The molecule has 6 heteroatoms. The second-order valence-corrected chi connectivity index (χ2v) is 7.93. The summed E-state index contributed by atoms with van der Waals surface area (Å²) < 4.78 is 1.34. The molecule has 2 amide bonds. The number of carbonyl (C=O) groups is 3. The van der Waals surface area contributed by atoms with Gasteiger partial charge in [0.15, 0.2) is 0 Å². The Bertz CT molecular complexity index is 894. The Hall–Kier alpha value is -2.76. The standard InChI is InChI=1S/C22H25N3O3/c1-14-12-15(2)25(23-14)22(28)19(13-16-8-4-3-5-9-16)24-20(26)17-10-6-7-11-18(17)21(24)27/h3-5,8-9,12,17-19H,6-7,10-11,13H2,1-2H3/t17-,18-,19-/m0/s1. The van der Waals surface area contributed by atoms with Crippen molar-refractivity contribution in [2.45, 2.75) is 52.0 Å². The Morgan fingerprint density at radius 3 is 2.21 bits per heavy atom. The molecule has 0 unspecified atom stereocenters. The van der Waals surface area contributed by atoms with E-state index in [0.717, 1.165) is 36.9 Å². The number of benzene rings is 1. The summed E-state index contributed by atoms with van der Waals surface area (Å²) in [6.07, 6.45) is 3.69. The number of fused-ring (bicyclic) bond motifs is 1. The molecular formula is C22H25N3O3. The minimum absolute atomic E-state index is 0.189. The molecule has 4 rings (SSSR count). The second kappa shape index (κ2) is 7.34. The maximum absolute atomic E-state index is 13.4. The van der Waals surface area contributed by atoms with Gasteiger partial charge in [0.05, 0.1) is 17.5 Å². The molecule has 28 heavy (non-hydrogen) atoms. The molecule has 1 aromatic carbocycles. The van der Waals surface area contributed by atoms with E-state index in [-0.39, 0.29) is 29.6 Å². The zero-order valence-corrected chi connectivity index (χ0v) is 16.3. The zero-order valence-electron chi connectivity index (χ0n) is 16.3. The highest BCUT2D eigenvalue weighted by molar-refractivity contribution is 6.08. The highest BCUT2D eigenvalue weighted by Crippen LogP contribution is 2.39. The van der Waals surface area contributed by atoms with Gasteiger partial charge in [-0.3, -0.25) is 19.3 Å². The van der Waals surface area contributed by atoms with Crippen LogP contribution in [0.15, 0.2) is 36.4 Å². The maximum Gasteiger partial charge on any atom is 0.270 e. The predicted molar refractivity (Wildman–Crippen MR) is 104 cm³/mol. The normalized spacial score (nSPS) is 23.0. The molecule has 0 N–H and O–H groups in total. The second-order valence-electron chi connectivity index (χ2n) is 7.93. The van der Waals surface area contributed by atoms with Gasteiger partial charge in [0.25, 0.3) is 5.91 Å². The first-order chi connectivity index (χ1) is 13.5. The van der Waals surface area contributed by atoms with Crippen LogP contribution in [0.2, 0.25) is 0 Å². The number of hydrogen-bond donors (Lipinski definition) is 0. The number of imide groups is 1. The summed E-state index contributed by atoms with van der Waals surface area (Å²) in [5.74, 6) is -1.24. The Kier molecular flexibility index (Phi) is 4.87. The van der Waals surface area contributed by atoms with Crippen molar-refractivity contribution < 1.29 is 14.4 Å². The summed E-state index contributed by atoms with van der Waals surface area (Å²) in [6.45, 7) is 3.63. The lowest BCUT2D eigenvalue weighted by atomic mass is 9.81. The first-order valence-electron chi connectivity index (χ1n) is 9.95. The Morgan fingerprint density at radius 1 is 1.07 bits per heavy atom. The number of carbonyl (C=O) groups excluding carboxylic acids is 3. The number of aryl methyl sites for hydroxylation is 2. The summed E-state index contributed by atoms with van der Waals surface area (Å²) in [5, 5.41) is 4.30. The van der Waals surface area contributed by atoms with E-state index in [4.69, 9.17) is 0 Å². The molecule has 0 bridgehead atoms. The van der Waals surface area contributed by atoms with Crippen molar-refractivity contribution in [1.29, 1.82) is 0 Å². The quantitative estimate of drug-likeness (QED) is 0.766. The van der Waals surface area contributed by atoms with Crippen LogP contribution in [0, 0.1) is 25.7 Å². The fraction of sp³-hybridized carbons (Fsp3) is 0.455. The van der Waals surface area contributed by atoms with Gasteiger partial charge in [0.1, 0.15) is 6.04 Å². The highest BCUT2D eigenvalue weighted by Gasteiger charge is 2.52. The first kappa shape index (κ1) is 18.6. The number of rotatable bonds is 4. The van der Waals surface area contributed by atoms with Gasteiger partial charge in [-0.1, -0.05) is 43.2 Å². The predicted octanol–water partition coefficient (Wildman–Crippen LogP) is 2.93. The minimum Gasteiger partial charge on any atom is -0.274 e. The lowest BCUT2D eigenvalue weighted by Crippen LogP contribution is -2.49. The lowest BCUT2D eigenvalue weighted by Gasteiger charge is -2.26. The summed E-state index contributed by atoms with van der Waals surface area (Å²) >= 11 is 0. The van der Waals surface area contributed by atoms with E-state index in [9.17, 15) is 14.4 Å². The van der Waals surface area contributed by atoms with E-state index in [1.807, 2.05) is 50.2 Å². The van der Waals surface area contributed by atoms with Crippen LogP contribution in [0.5, 0.6) is 0 Å². The number of likely N-dealkylation sites (tertiary alicyclic amines) is 1. The third kappa shape index (κ3) is 3.17. The fourth-order valence-electron chi connectivity index (χ4n) is 4.61. The topological polar surface area (TPSA) is 72.3 Å². The Morgan fingerprint density at radius 2 is 1.68 bits per heavy atom. The van der Waals surface area contributed by atoms with Gasteiger partial charge in [0, 0.05) is 12.1 Å². The van der Waals surface area contributed by atoms with Crippen molar-refractivity contribution in [3.8, 4) is 0 Å². The molecule has 2 heterocycles. The van der Waals surface area contributed by atoms with Crippen LogP contribution < -0.4 is 0 Å². The average molecular weight is 379 g/mol. The van der Waals surface area contributed by atoms with Gasteiger partial charge in [-0.2, -0.15) is 5.10 Å². The van der Waals surface area contributed by atoms with Crippen LogP contribution in [-0.2, 0) is 16.0 Å². The molecule has 2 aliphatic rings. The number of amides is 2. The Labute approximate surface area is 164 Å². The molecule has 1 saturated carbocycles. The van der Waals surface area contributed by atoms with Gasteiger partial charge in [0.2, 0.25) is 11.8 Å². The molecule has 1 aliphatic heterocycles. The molecule has 0 spiro atoms. The number of nitrogens with zero attached hydrogens (tertiary/aromatic N) is 3. The van der Waals surface area contributed by atoms with Crippen LogP contribution in [0.25, 0.3) is 0 Å². The van der Waals surface area contributed by atoms with Crippen molar-refractivity contribution in [3.63, 3.8) is 0 Å². The van der Waals surface area contributed by atoms with Crippen molar-refractivity contribution in [2.24, 2.45) is 11.8 Å². The van der Waals surface area contributed by atoms with Crippen molar-refractivity contribution in [3.05, 3.63) is 53.3 Å². The van der Waals surface area contributed by atoms with E-state index in [2.05, 4.69) is 5.10 Å². The third-order valence-electron chi connectivity index (χ3n) is 5.96. The molecule has 2 aromatic rings. The van der Waals surface area contributed by atoms with Crippen molar-refractivity contribution in [2.75, 3.05) is 0 Å². The van der Waals surface area contributed by atoms with Crippen LogP contribution in [-0.4, -0.2) is 38.4 Å². The van der Waals surface area contributed by atoms with Crippen LogP contribution in [0.1, 0.15) is 47.4 Å². The third-order valence-corrected chi connectivity index (χ3v) is 5.96. The Balaban J connectivity index is 1.72. The minimum atomic E-state index is -0.869. The van der Waals surface area contributed by atoms with E-state index >= 15 is 0 Å². The molecule has 1 aliphatic carbocycles. The lowest BCUT2D eigenvalue weighted by molar-refractivity contribution is -0.141. The maximum atomic E-state index is 13.4. The van der Waals surface area contributed by atoms with E-state index in [1.54, 1.807) is 0 Å². The molecule has 1 aromatic heterocycles. The van der Waals surface area contributed by atoms with E-state index in [1.165, 1.54) is 9.58 Å². The van der Waals surface area contributed by atoms with Crippen LogP contribution in [0.4, 0.5) is 0 Å². The SMILES string of the molecule is Cc1cc(C)n(C(=O)[C@H](Cc2ccccc2)N2C(=O)[C@H]3CCCC[C@@H]3C2=O)n1. The summed E-state index contributed by atoms with van der Waals surface area (Å²) in [5.41, 5.74) is 2.35. The molecule has 6 nitrogen and oxygen atoms in total. The molecule has 146 valence electrons. The first-order valence-corrected chi connectivity index (χ1v) is 9.95. The van der Waals surface area contributed by atoms with Crippen LogP contribution >= 0.6 is 0 Å². The van der Waals surface area contributed by atoms with Gasteiger partial charge in [-0.25, -0.2) is 4.68 Å². The average Bonchev–Trinajstić information content (AvgIpc) is 3.17. The smallest absolute Gasteiger partial charge is 0.270 e. The molecule has 3 atom stereocenters. The molecule has 1 saturated heterocycles. The number of hydrogen-bond acceptors (Lipinski definition) is 4. The largest absolute Gasteiger partial charge is 0.274 e. The van der Waals surface area contributed by atoms with Crippen LogP contribution in [0.3, 0.4) is 0 Å². The fourth-order valence-corrected chi connectivity index (χ4v) is 4.61. The molecular weight excluding hydrogens is 354 g/mol. The van der Waals surface area contributed by atoms with Gasteiger partial charge in [-0.05, 0) is 38.3 Å². The zero-order chi connectivity index (χ0) is 19.8. The van der Waals surface area contributed by atoms with Gasteiger partial charge >= 0.3 is 0 Å². The highest BCUT2D eigenvalue weighted by atomic mass is 16.2. The molecule has 2 fully saturated rings. The van der Waals surface area contributed by atoms with E-state index in [0.29, 0.717) is 12.1 Å². The summed E-state index contributed by atoms with van der Waals surface area (Å²) in [4.78, 5) is 40.9. The number of aromatic nitrogens is 2. The van der Waals surface area contributed by atoms with Gasteiger partial charge < -0.3 is 0 Å². The van der Waals surface area contributed by atoms with E-state index < -0.39 is 6.04 Å². The summed E-state index contributed by atoms with van der Waals surface area (Å²) in [7, 11) is 0.